The van der Waals surface area contributed by atoms with E-state index in [0.717, 1.165) is 21.3 Å². The number of hydrogen-bond acceptors (Lipinski definition) is 4. The van der Waals surface area contributed by atoms with Crippen LogP contribution in [0, 0.1) is 22.1 Å². The number of aryl methyl sites for hydroxylation is 1. The van der Waals surface area contributed by atoms with Gasteiger partial charge >= 0.3 is 0 Å². The Hall–Kier alpha value is -1.78. The van der Waals surface area contributed by atoms with Gasteiger partial charge in [-0.15, -0.1) is 0 Å². The lowest BCUT2D eigenvalue weighted by Gasteiger charge is -2.14. The third-order valence-electron chi connectivity index (χ3n) is 3.12. The maximum Gasteiger partial charge on any atom is 0.277 e. The first kappa shape index (κ1) is 18.6. The summed E-state index contributed by atoms with van der Waals surface area (Å²) in [5, 5.41) is 11.6. The summed E-state index contributed by atoms with van der Waals surface area (Å²) in [6.45, 7) is 1.45. The Morgan fingerprint density at radius 1 is 1.21 bits per heavy atom. The number of carbonyl (C=O) groups is 1. The van der Waals surface area contributed by atoms with Crippen LogP contribution in [0.1, 0.15) is 15.9 Å². The number of benzene rings is 2. The molecule has 0 aliphatic carbocycles. The van der Waals surface area contributed by atoms with Crippen molar-refractivity contribution in [2.45, 2.75) is 6.92 Å². The first-order valence-corrected chi connectivity index (χ1v) is 8.05. The fraction of sp³-hybridized carbons (Fsp3) is 0.188. The van der Waals surface area contributed by atoms with E-state index >= 15 is 0 Å². The van der Waals surface area contributed by atoms with Crippen molar-refractivity contribution in [3.05, 3.63) is 56.7 Å². The number of carbonyl (C=O) groups excluding carboxylic acids is 1. The minimum absolute atomic E-state index is 0.100. The number of hydrogen-bond donors (Lipinski definition) is 3. The third kappa shape index (κ3) is 4.62. The van der Waals surface area contributed by atoms with Crippen molar-refractivity contribution in [1.29, 1.82) is 0 Å². The zero-order chi connectivity index (χ0) is 17.7. The molecule has 0 aliphatic heterocycles. The van der Waals surface area contributed by atoms with Crippen molar-refractivity contribution < 1.29 is 23.5 Å². The molecule has 1 amide bonds. The van der Waals surface area contributed by atoms with E-state index in [-0.39, 0.29) is 24.5 Å². The topological polar surface area (TPSA) is 70.6 Å². The van der Waals surface area contributed by atoms with Gasteiger partial charge in [0.25, 0.3) is 5.91 Å². The number of amides is 1. The molecular formula is C16H15F2IN2O3. The van der Waals surface area contributed by atoms with Gasteiger partial charge in [0.1, 0.15) is 0 Å². The van der Waals surface area contributed by atoms with E-state index in [4.69, 9.17) is 9.94 Å². The van der Waals surface area contributed by atoms with E-state index in [0.29, 0.717) is 5.69 Å². The summed E-state index contributed by atoms with van der Waals surface area (Å²) >= 11 is 2.16. The van der Waals surface area contributed by atoms with Gasteiger partial charge in [0, 0.05) is 15.3 Å². The van der Waals surface area contributed by atoms with E-state index in [1.54, 1.807) is 6.07 Å². The predicted octanol–water partition coefficient (Wildman–Crippen LogP) is 3.28. The number of halogens is 3. The van der Waals surface area contributed by atoms with Crippen molar-refractivity contribution in [1.82, 2.24) is 5.48 Å². The Bertz CT molecular complexity index is 756. The van der Waals surface area contributed by atoms with Gasteiger partial charge in [-0.05, 0) is 59.3 Å². The lowest BCUT2D eigenvalue weighted by atomic mass is 10.1. The first-order valence-electron chi connectivity index (χ1n) is 6.97. The molecule has 5 nitrogen and oxygen atoms in total. The molecule has 3 N–H and O–H groups in total. The molecule has 0 aliphatic rings. The molecule has 0 radical (unpaired) electrons. The molecule has 0 saturated carbocycles. The van der Waals surface area contributed by atoms with Gasteiger partial charge in [0.15, 0.2) is 11.6 Å². The molecule has 0 atom stereocenters. The predicted molar refractivity (Wildman–Crippen MR) is 94.0 cm³/mol. The number of hydroxylamine groups is 1. The highest BCUT2D eigenvalue weighted by atomic mass is 127. The zero-order valence-electron chi connectivity index (χ0n) is 12.7. The summed E-state index contributed by atoms with van der Waals surface area (Å²) in [5.74, 6) is -2.98. The molecule has 0 fully saturated rings. The largest absolute Gasteiger partial charge is 0.394 e. The van der Waals surface area contributed by atoms with Crippen LogP contribution in [0.15, 0.2) is 30.3 Å². The maximum atomic E-state index is 13.6. The van der Waals surface area contributed by atoms with Gasteiger partial charge in [-0.1, -0.05) is 0 Å². The number of nitrogens with one attached hydrogen (secondary N) is 2. The SMILES string of the molecule is Cc1cc(I)ccc1Nc1cc(F)c(F)cc1C(=O)NOCCO. The van der Waals surface area contributed by atoms with Gasteiger partial charge in [-0.3, -0.25) is 9.63 Å². The highest BCUT2D eigenvalue weighted by molar-refractivity contribution is 14.1. The second kappa shape index (κ2) is 8.36. The van der Waals surface area contributed by atoms with Crippen molar-refractivity contribution in [3.8, 4) is 0 Å². The second-order valence-electron chi connectivity index (χ2n) is 4.90. The average molecular weight is 448 g/mol. The van der Waals surface area contributed by atoms with Crippen molar-refractivity contribution in [3.63, 3.8) is 0 Å². The smallest absolute Gasteiger partial charge is 0.277 e. The summed E-state index contributed by atoms with van der Waals surface area (Å²) in [6, 6.07) is 7.24. The van der Waals surface area contributed by atoms with Crippen LogP contribution in [-0.4, -0.2) is 24.2 Å². The van der Waals surface area contributed by atoms with Gasteiger partial charge < -0.3 is 10.4 Å². The van der Waals surface area contributed by atoms with Gasteiger partial charge in [-0.25, -0.2) is 14.3 Å². The number of aliphatic hydroxyl groups excluding tert-OH is 1. The van der Waals surface area contributed by atoms with Crippen LogP contribution in [-0.2, 0) is 4.84 Å². The maximum absolute atomic E-state index is 13.6. The van der Waals surface area contributed by atoms with Crippen LogP contribution in [0.2, 0.25) is 0 Å². The lowest BCUT2D eigenvalue weighted by Crippen LogP contribution is -2.26. The Morgan fingerprint density at radius 3 is 2.58 bits per heavy atom. The van der Waals surface area contributed by atoms with Gasteiger partial charge in [0.2, 0.25) is 0 Å². The summed E-state index contributed by atoms with van der Waals surface area (Å²) in [7, 11) is 0. The minimum Gasteiger partial charge on any atom is -0.394 e. The van der Waals surface area contributed by atoms with Crippen LogP contribution < -0.4 is 10.8 Å². The molecule has 8 heteroatoms. The van der Waals surface area contributed by atoms with Gasteiger partial charge in [-0.2, -0.15) is 0 Å². The van der Waals surface area contributed by atoms with E-state index in [1.165, 1.54) is 0 Å². The summed E-state index contributed by atoms with van der Waals surface area (Å²) in [5.41, 5.74) is 3.59. The Morgan fingerprint density at radius 2 is 1.92 bits per heavy atom. The molecule has 2 aromatic carbocycles. The van der Waals surface area contributed by atoms with Crippen LogP contribution in [0.5, 0.6) is 0 Å². The molecule has 0 saturated heterocycles. The number of rotatable bonds is 6. The van der Waals surface area contributed by atoms with E-state index in [2.05, 4.69) is 33.4 Å². The number of aliphatic hydroxyl groups is 1. The molecule has 0 unspecified atom stereocenters. The van der Waals surface area contributed by atoms with Crippen LogP contribution in [0.4, 0.5) is 20.2 Å². The quantitative estimate of drug-likeness (QED) is 0.361. The standard InChI is InChI=1S/C16H15F2IN2O3/c1-9-6-10(19)2-3-14(9)20-15-8-13(18)12(17)7-11(15)16(23)21-24-5-4-22/h2-3,6-8,20,22H,4-5H2,1H3,(H,21,23). The van der Waals surface area contributed by atoms with Crippen LogP contribution in [0.3, 0.4) is 0 Å². The molecule has 2 aromatic rings. The number of anilines is 2. The molecule has 2 rings (SSSR count). The van der Waals surface area contributed by atoms with Crippen LogP contribution in [0.25, 0.3) is 0 Å². The van der Waals surface area contributed by atoms with E-state index < -0.39 is 17.5 Å². The van der Waals surface area contributed by atoms with Crippen molar-refractivity contribution >= 4 is 39.9 Å². The Labute approximate surface area is 151 Å². The van der Waals surface area contributed by atoms with E-state index in [1.807, 2.05) is 19.1 Å². The first-order chi connectivity index (χ1) is 11.4. The monoisotopic (exact) mass is 448 g/mol. The minimum atomic E-state index is -1.15. The Kier molecular flexibility index (Phi) is 6.46. The third-order valence-corrected chi connectivity index (χ3v) is 3.79. The zero-order valence-corrected chi connectivity index (χ0v) is 14.9. The molecule has 0 spiro atoms. The summed E-state index contributed by atoms with van der Waals surface area (Å²) in [4.78, 5) is 16.8. The Balaban J connectivity index is 2.33. The normalized spacial score (nSPS) is 10.5. The van der Waals surface area contributed by atoms with E-state index in [9.17, 15) is 13.6 Å². The molecule has 0 aromatic heterocycles. The van der Waals surface area contributed by atoms with Crippen molar-refractivity contribution in [2.24, 2.45) is 0 Å². The second-order valence-corrected chi connectivity index (χ2v) is 6.15. The van der Waals surface area contributed by atoms with Crippen molar-refractivity contribution in [2.75, 3.05) is 18.5 Å². The molecule has 24 heavy (non-hydrogen) atoms. The average Bonchev–Trinajstić information content (AvgIpc) is 2.53. The molecule has 0 bridgehead atoms. The molecule has 0 heterocycles. The fourth-order valence-electron chi connectivity index (χ4n) is 1.97. The van der Waals surface area contributed by atoms with Gasteiger partial charge in [0.05, 0.1) is 24.5 Å². The highest BCUT2D eigenvalue weighted by Crippen LogP contribution is 2.27. The highest BCUT2D eigenvalue weighted by Gasteiger charge is 2.17. The summed E-state index contributed by atoms with van der Waals surface area (Å²) < 4.78 is 28.1. The summed E-state index contributed by atoms with van der Waals surface area (Å²) in [6.07, 6.45) is 0. The molecule has 128 valence electrons. The fourth-order valence-corrected chi connectivity index (χ4v) is 2.61. The lowest BCUT2D eigenvalue weighted by molar-refractivity contribution is 0.0168. The van der Waals surface area contributed by atoms with Crippen LogP contribution >= 0.6 is 22.6 Å². The molecular weight excluding hydrogens is 433 g/mol.